The molecule has 1 aromatic carbocycles. The van der Waals surface area contributed by atoms with Gasteiger partial charge in [-0.3, -0.25) is 4.98 Å². The Morgan fingerprint density at radius 3 is 2.63 bits per heavy atom. The first kappa shape index (κ1) is 14.3. The lowest BCUT2D eigenvalue weighted by atomic mass is 9.92. The molecule has 2 aromatic rings. The summed E-state index contributed by atoms with van der Waals surface area (Å²) in [5.41, 5.74) is 2.24. The SMILES string of the molecule is CNCC(Cc1ccncc1Cl)c1ccccc1Cl. The molecule has 1 unspecified atom stereocenters. The van der Waals surface area contributed by atoms with Gasteiger partial charge in [0.1, 0.15) is 0 Å². The van der Waals surface area contributed by atoms with E-state index in [1.165, 1.54) is 0 Å². The van der Waals surface area contributed by atoms with Gasteiger partial charge in [0.05, 0.1) is 5.02 Å². The third kappa shape index (κ3) is 3.69. The summed E-state index contributed by atoms with van der Waals surface area (Å²) in [5.74, 6) is 0.290. The molecule has 1 aromatic heterocycles. The van der Waals surface area contributed by atoms with E-state index >= 15 is 0 Å². The van der Waals surface area contributed by atoms with Crippen LogP contribution in [0.15, 0.2) is 42.7 Å². The van der Waals surface area contributed by atoms with Gasteiger partial charge in [-0.05, 0) is 36.7 Å². The average molecular weight is 295 g/mol. The molecule has 0 spiro atoms. The molecule has 2 nitrogen and oxygen atoms in total. The van der Waals surface area contributed by atoms with E-state index in [9.17, 15) is 0 Å². The van der Waals surface area contributed by atoms with Gasteiger partial charge in [-0.15, -0.1) is 0 Å². The lowest BCUT2D eigenvalue weighted by Gasteiger charge is -2.19. The average Bonchev–Trinajstić information content (AvgIpc) is 2.41. The Hall–Kier alpha value is -1.09. The lowest BCUT2D eigenvalue weighted by molar-refractivity contribution is 0.625. The molecule has 0 saturated heterocycles. The zero-order valence-electron chi connectivity index (χ0n) is 10.7. The van der Waals surface area contributed by atoms with Gasteiger partial charge >= 0.3 is 0 Å². The van der Waals surface area contributed by atoms with E-state index in [2.05, 4.69) is 16.4 Å². The molecule has 0 bridgehead atoms. The minimum Gasteiger partial charge on any atom is -0.319 e. The second kappa shape index (κ2) is 6.90. The van der Waals surface area contributed by atoms with Crippen LogP contribution in [0.5, 0.6) is 0 Å². The monoisotopic (exact) mass is 294 g/mol. The van der Waals surface area contributed by atoms with Crippen molar-refractivity contribution in [2.24, 2.45) is 0 Å². The minimum atomic E-state index is 0.290. The van der Waals surface area contributed by atoms with E-state index in [1.807, 2.05) is 31.3 Å². The van der Waals surface area contributed by atoms with Crippen molar-refractivity contribution in [1.82, 2.24) is 10.3 Å². The van der Waals surface area contributed by atoms with Crippen molar-refractivity contribution < 1.29 is 0 Å². The highest BCUT2D eigenvalue weighted by molar-refractivity contribution is 6.31. The first-order chi connectivity index (χ1) is 9.22. The van der Waals surface area contributed by atoms with Crippen LogP contribution < -0.4 is 5.32 Å². The fourth-order valence-electron chi connectivity index (χ4n) is 2.18. The summed E-state index contributed by atoms with van der Waals surface area (Å²) < 4.78 is 0. The molecule has 0 saturated carbocycles. The second-order valence-electron chi connectivity index (χ2n) is 4.45. The minimum absolute atomic E-state index is 0.290. The fraction of sp³-hybridized carbons (Fsp3) is 0.267. The number of likely N-dealkylation sites (N-methyl/N-ethyl adjacent to an activating group) is 1. The molecule has 0 fully saturated rings. The quantitative estimate of drug-likeness (QED) is 0.904. The zero-order valence-corrected chi connectivity index (χ0v) is 12.2. The predicted molar refractivity (Wildman–Crippen MR) is 81.1 cm³/mol. The van der Waals surface area contributed by atoms with Crippen molar-refractivity contribution in [2.45, 2.75) is 12.3 Å². The van der Waals surface area contributed by atoms with E-state index in [4.69, 9.17) is 23.2 Å². The summed E-state index contributed by atoms with van der Waals surface area (Å²) in [6.45, 7) is 0.850. The Morgan fingerprint density at radius 2 is 1.95 bits per heavy atom. The number of nitrogens with zero attached hydrogens (tertiary/aromatic N) is 1. The van der Waals surface area contributed by atoms with Crippen LogP contribution in [-0.2, 0) is 6.42 Å². The molecular weight excluding hydrogens is 279 g/mol. The Morgan fingerprint density at radius 1 is 1.16 bits per heavy atom. The normalized spacial score (nSPS) is 12.4. The van der Waals surface area contributed by atoms with Crippen LogP contribution in [0, 0.1) is 0 Å². The third-order valence-electron chi connectivity index (χ3n) is 3.12. The summed E-state index contributed by atoms with van der Waals surface area (Å²) in [6, 6.07) is 9.91. The molecular formula is C15H16Cl2N2. The van der Waals surface area contributed by atoms with Crippen LogP contribution >= 0.6 is 23.2 Å². The molecule has 1 heterocycles. The first-order valence-electron chi connectivity index (χ1n) is 6.19. The van der Waals surface area contributed by atoms with Crippen molar-refractivity contribution >= 4 is 23.2 Å². The van der Waals surface area contributed by atoms with Crippen molar-refractivity contribution in [1.29, 1.82) is 0 Å². The van der Waals surface area contributed by atoms with Crippen LogP contribution in [0.4, 0.5) is 0 Å². The molecule has 100 valence electrons. The summed E-state index contributed by atoms with van der Waals surface area (Å²) in [5, 5.41) is 4.72. The number of halogens is 2. The highest BCUT2D eigenvalue weighted by Crippen LogP contribution is 2.28. The lowest BCUT2D eigenvalue weighted by Crippen LogP contribution is -2.19. The van der Waals surface area contributed by atoms with E-state index in [1.54, 1.807) is 12.4 Å². The van der Waals surface area contributed by atoms with Gasteiger partial charge < -0.3 is 5.32 Å². The van der Waals surface area contributed by atoms with E-state index < -0.39 is 0 Å². The fourth-order valence-corrected chi connectivity index (χ4v) is 2.67. The number of nitrogens with one attached hydrogen (secondary N) is 1. The van der Waals surface area contributed by atoms with Crippen LogP contribution in [0.1, 0.15) is 17.0 Å². The highest BCUT2D eigenvalue weighted by Gasteiger charge is 2.15. The Kier molecular flexibility index (Phi) is 5.20. The number of benzene rings is 1. The largest absolute Gasteiger partial charge is 0.319 e. The summed E-state index contributed by atoms with van der Waals surface area (Å²) in [7, 11) is 1.94. The van der Waals surface area contributed by atoms with Gasteiger partial charge in [0, 0.05) is 29.9 Å². The first-order valence-corrected chi connectivity index (χ1v) is 6.95. The number of hydrogen-bond acceptors (Lipinski definition) is 2. The molecule has 4 heteroatoms. The van der Waals surface area contributed by atoms with Crippen LogP contribution in [0.3, 0.4) is 0 Å². The molecule has 1 N–H and O–H groups in total. The molecule has 0 amide bonds. The zero-order chi connectivity index (χ0) is 13.7. The number of rotatable bonds is 5. The molecule has 19 heavy (non-hydrogen) atoms. The van der Waals surface area contributed by atoms with Gasteiger partial charge in [0.2, 0.25) is 0 Å². The molecule has 0 radical (unpaired) electrons. The predicted octanol–water partition coefficient (Wildman–Crippen LogP) is 3.93. The maximum atomic E-state index is 6.29. The smallest absolute Gasteiger partial charge is 0.0621 e. The number of aromatic nitrogens is 1. The molecule has 2 rings (SSSR count). The van der Waals surface area contributed by atoms with Gasteiger partial charge in [-0.2, -0.15) is 0 Å². The maximum Gasteiger partial charge on any atom is 0.0621 e. The van der Waals surface area contributed by atoms with Crippen molar-refractivity contribution in [2.75, 3.05) is 13.6 Å². The third-order valence-corrected chi connectivity index (χ3v) is 3.80. The van der Waals surface area contributed by atoms with Gasteiger partial charge in [-0.1, -0.05) is 41.4 Å². The molecule has 0 aliphatic rings. The van der Waals surface area contributed by atoms with Gasteiger partial charge in [0.25, 0.3) is 0 Å². The van der Waals surface area contributed by atoms with E-state index in [0.717, 1.165) is 29.1 Å². The Bertz CT molecular complexity index is 543. The van der Waals surface area contributed by atoms with Crippen LogP contribution in [0.25, 0.3) is 0 Å². The highest BCUT2D eigenvalue weighted by atomic mass is 35.5. The maximum absolute atomic E-state index is 6.29. The topological polar surface area (TPSA) is 24.9 Å². The molecule has 1 atom stereocenters. The van der Waals surface area contributed by atoms with Crippen molar-refractivity contribution in [3.63, 3.8) is 0 Å². The van der Waals surface area contributed by atoms with E-state index in [-0.39, 0.29) is 0 Å². The van der Waals surface area contributed by atoms with E-state index in [0.29, 0.717) is 10.9 Å². The summed E-state index contributed by atoms with van der Waals surface area (Å²) >= 11 is 12.5. The summed E-state index contributed by atoms with van der Waals surface area (Å²) in [6.07, 6.45) is 4.29. The van der Waals surface area contributed by atoms with Crippen LogP contribution in [0.2, 0.25) is 10.0 Å². The van der Waals surface area contributed by atoms with Crippen molar-refractivity contribution in [3.8, 4) is 0 Å². The van der Waals surface area contributed by atoms with Gasteiger partial charge in [0.15, 0.2) is 0 Å². The van der Waals surface area contributed by atoms with Gasteiger partial charge in [-0.25, -0.2) is 0 Å². The Labute approximate surface area is 123 Å². The second-order valence-corrected chi connectivity index (χ2v) is 5.26. The van der Waals surface area contributed by atoms with Crippen LogP contribution in [-0.4, -0.2) is 18.6 Å². The molecule has 0 aliphatic heterocycles. The summed E-state index contributed by atoms with van der Waals surface area (Å²) in [4.78, 5) is 4.01. The van der Waals surface area contributed by atoms with Crippen molar-refractivity contribution in [3.05, 3.63) is 63.9 Å². The standard InChI is InChI=1S/C15H16Cl2N2/c1-18-9-12(13-4-2-3-5-14(13)16)8-11-6-7-19-10-15(11)17/h2-7,10,12,18H,8-9H2,1H3. The molecule has 0 aliphatic carbocycles. The number of hydrogen-bond donors (Lipinski definition) is 1. The number of pyridine rings is 1. The Balaban J connectivity index is 2.27.